The Hall–Kier alpha value is -3.27. The third kappa shape index (κ3) is 3.70. The minimum absolute atomic E-state index is 0.0172. The fourth-order valence-electron chi connectivity index (χ4n) is 2.82. The van der Waals surface area contributed by atoms with E-state index in [0.29, 0.717) is 5.56 Å². The fourth-order valence-corrected chi connectivity index (χ4v) is 3.38. The van der Waals surface area contributed by atoms with Gasteiger partial charge in [-0.1, -0.05) is 36.4 Å². The zero-order chi connectivity index (χ0) is 20.8. The van der Waals surface area contributed by atoms with E-state index < -0.39 is 21.8 Å². The largest absolute Gasteiger partial charge is 0.453 e. The van der Waals surface area contributed by atoms with Crippen molar-refractivity contribution in [3.05, 3.63) is 66.6 Å². The van der Waals surface area contributed by atoms with Gasteiger partial charge in [-0.2, -0.15) is 17.9 Å². The van der Waals surface area contributed by atoms with Gasteiger partial charge in [-0.15, -0.1) is 5.10 Å². The normalized spacial score (nSPS) is 12.4. The Morgan fingerprint density at radius 3 is 2.31 bits per heavy atom. The zero-order valence-electron chi connectivity index (χ0n) is 14.9. The van der Waals surface area contributed by atoms with E-state index in [1.165, 1.54) is 12.1 Å². The molecule has 0 saturated carbocycles. The van der Waals surface area contributed by atoms with Crippen molar-refractivity contribution in [3.8, 4) is 17.2 Å². The van der Waals surface area contributed by atoms with Crippen LogP contribution >= 0.6 is 0 Å². The fraction of sp³-hybridized carbons (Fsp3) is 0.105. The number of halogens is 3. The number of aromatic nitrogens is 4. The van der Waals surface area contributed by atoms with Crippen LogP contribution in [0.15, 0.2) is 65.7 Å². The first kappa shape index (κ1) is 19.1. The standard InChI is InChI=1S/C19H13F3N4O2S/c1-29(27,28)15-8-9-16(23-11-15)26-17(24-18(25-26)19(20,21)22)14-7-6-12-4-2-3-5-13(12)10-14/h2-11H,1H3. The van der Waals surface area contributed by atoms with Gasteiger partial charge in [0, 0.05) is 18.0 Å². The second-order valence-corrected chi connectivity index (χ2v) is 8.37. The SMILES string of the molecule is CS(=O)(=O)c1ccc(-n2nc(C(F)(F)F)nc2-c2ccc3ccccc3c2)nc1. The number of fused-ring (bicyclic) bond motifs is 1. The first-order chi connectivity index (χ1) is 13.6. The van der Waals surface area contributed by atoms with Gasteiger partial charge in [0.2, 0.25) is 0 Å². The zero-order valence-corrected chi connectivity index (χ0v) is 15.7. The van der Waals surface area contributed by atoms with E-state index in [1.807, 2.05) is 24.3 Å². The van der Waals surface area contributed by atoms with Crippen molar-refractivity contribution >= 4 is 20.6 Å². The summed E-state index contributed by atoms with van der Waals surface area (Å²) in [5, 5.41) is 5.32. The van der Waals surface area contributed by atoms with Gasteiger partial charge in [0.05, 0.1) is 4.90 Å². The van der Waals surface area contributed by atoms with Crippen molar-refractivity contribution in [2.45, 2.75) is 11.1 Å². The van der Waals surface area contributed by atoms with E-state index in [0.717, 1.165) is 27.9 Å². The molecule has 29 heavy (non-hydrogen) atoms. The van der Waals surface area contributed by atoms with Gasteiger partial charge in [-0.25, -0.2) is 18.4 Å². The van der Waals surface area contributed by atoms with Gasteiger partial charge in [0.1, 0.15) is 0 Å². The molecule has 0 amide bonds. The van der Waals surface area contributed by atoms with Crippen molar-refractivity contribution in [3.63, 3.8) is 0 Å². The van der Waals surface area contributed by atoms with Gasteiger partial charge in [0.15, 0.2) is 21.5 Å². The molecular formula is C19H13F3N4O2S. The number of nitrogens with zero attached hydrogens (tertiary/aromatic N) is 4. The number of hydrogen-bond donors (Lipinski definition) is 0. The average molecular weight is 418 g/mol. The van der Waals surface area contributed by atoms with Crippen LogP contribution in [0.5, 0.6) is 0 Å². The van der Waals surface area contributed by atoms with Crippen molar-refractivity contribution in [1.82, 2.24) is 19.7 Å². The molecule has 0 aliphatic heterocycles. The summed E-state index contributed by atoms with van der Waals surface area (Å²) in [7, 11) is -3.49. The van der Waals surface area contributed by atoms with Crippen LogP contribution in [0.4, 0.5) is 13.2 Å². The summed E-state index contributed by atoms with van der Waals surface area (Å²) < 4.78 is 63.9. The van der Waals surface area contributed by atoms with Crippen molar-refractivity contribution in [2.75, 3.05) is 6.26 Å². The van der Waals surface area contributed by atoms with Gasteiger partial charge >= 0.3 is 6.18 Å². The Morgan fingerprint density at radius 2 is 1.69 bits per heavy atom. The third-order valence-electron chi connectivity index (χ3n) is 4.23. The van der Waals surface area contributed by atoms with Crippen LogP contribution in [0.3, 0.4) is 0 Å². The monoisotopic (exact) mass is 418 g/mol. The molecule has 0 atom stereocenters. The molecule has 0 radical (unpaired) electrons. The molecule has 0 fully saturated rings. The first-order valence-corrected chi connectivity index (χ1v) is 10.2. The predicted octanol–water partition coefficient (Wildman–Crippen LogP) is 3.90. The number of benzene rings is 2. The van der Waals surface area contributed by atoms with Crippen LogP contribution in [0.25, 0.3) is 28.0 Å². The highest BCUT2D eigenvalue weighted by atomic mass is 32.2. The highest BCUT2D eigenvalue weighted by Crippen LogP contribution is 2.31. The number of sulfone groups is 1. The molecule has 4 aromatic rings. The predicted molar refractivity (Wildman–Crippen MR) is 100 cm³/mol. The van der Waals surface area contributed by atoms with E-state index in [-0.39, 0.29) is 16.5 Å². The summed E-state index contributed by atoms with van der Waals surface area (Å²) in [6, 6.07) is 15.1. The Bertz CT molecular complexity index is 1310. The van der Waals surface area contributed by atoms with Gasteiger partial charge in [-0.05, 0) is 29.0 Å². The molecule has 148 valence electrons. The molecule has 2 aromatic heterocycles. The lowest BCUT2D eigenvalue weighted by atomic mass is 10.1. The summed E-state index contributed by atoms with van der Waals surface area (Å²) in [5.74, 6) is -1.35. The lowest BCUT2D eigenvalue weighted by Crippen LogP contribution is -2.09. The molecule has 10 heteroatoms. The Balaban J connectivity index is 1.90. The summed E-state index contributed by atoms with van der Waals surface area (Å²) >= 11 is 0. The lowest BCUT2D eigenvalue weighted by molar-refractivity contribution is -0.144. The second kappa shape index (κ2) is 6.66. The van der Waals surface area contributed by atoms with Crippen molar-refractivity contribution in [2.24, 2.45) is 0 Å². The number of rotatable bonds is 3. The minimum Gasteiger partial charge on any atom is -0.236 e. The quantitative estimate of drug-likeness (QED) is 0.504. The molecule has 0 bridgehead atoms. The Kier molecular flexibility index (Phi) is 4.38. The van der Waals surface area contributed by atoms with Crippen LogP contribution < -0.4 is 0 Å². The maximum Gasteiger partial charge on any atom is 0.453 e. The molecule has 0 aliphatic carbocycles. The van der Waals surface area contributed by atoms with E-state index in [2.05, 4.69) is 15.1 Å². The molecule has 6 nitrogen and oxygen atoms in total. The Labute approximate surface area is 163 Å². The molecule has 0 saturated heterocycles. The van der Waals surface area contributed by atoms with E-state index in [1.54, 1.807) is 18.2 Å². The van der Waals surface area contributed by atoms with Crippen molar-refractivity contribution in [1.29, 1.82) is 0 Å². The summed E-state index contributed by atoms with van der Waals surface area (Å²) in [6.07, 6.45) is -2.66. The smallest absolute Gasteiger partial charge is 0.236 e. The maximum atomic E-state index is 13.2. The molecule has 0 spiro atoms. The molecule has 0 aliphatic rings. The third-order valence-corrected chi connectivity index (χ3v) is 5.33. The first-order valence-electron chi connectivity index (χ1n) is 8.33. The van der Waals surface area contributed by atoms with Crippen LogP contribution in [0, 0.1) is 0 Å². The van der Waals surface area contributed by atoms with Crippen LogP contribution in [0.1, 0.15) is 5.82 Å². The van der Waals surface area contributed by atoms with Gasteiger partial charge in [0.25, 0.3) is 5.82 Å². The maximum absolute atomic E-state index is 13.2. The van der Waals surface area contributed by atoms with Crippen molar-refractivity contribution < 1.29 is 21.6 Å². The summed E-state index contributed by atoms with van der Waals surface area (Å²) in [4.78, 5) is 7.60. The molecular weight excluding hydrogens is 405 g/mol. The van der Waals surface area contributed by atoms with E-state index in [9.17, 15) is 21.6 Å². The molecule has 2 aromatic carbocycles. The van der Waals surface area contributed by atoms with Crippen LogP contribution in [-0.4, -0.2) is 34.4 Å². The topological polar surface area (TPSA) is 77.7 Å². The average Bonchev–Trinajstić information content (AvgIpc) is 3.13. The van der Waals surface area contributed by atoms with E-state index >= 15 is 0 Å². The number of hydrogen-bond acceptors (Lipinski definition) is 5. The Morgan fingerprint density at radius 1 is 0.966 bits per heavy atom. The highest BCUT2D eigenvalue weighted by molar-refractivity contribution is 7.90. The minimum atomic E-state index is -4.75. The van der Waals surface area contributed by atoms with Crippen LogP contribution in [-0.2, 0) is 16.0 Å². The molecule has 0 N–H and O–H groups in total. The van der Waals surface area contributed by atoms with E-state index in [4.69, 9.17) is 0 Å². The number of alkyl halides is 3. The second-order valence-electron chi connectivity index (χ2n) is 6.35. The lowest BCUT2D eigenvalue weighted by Gasteiger charge is -2.07. The molecule has 2 heterocycles. The summed E-state index contributed by atoms with van der Waals surface area (Å²) in [6.45, 7) is 0. The number of pyridine rings is 1. The van der Waals surface area contributed by atoms with Gasteiger partial charge in [-0.3, -0.25) is 0 Å². The van der Waals surface area contributed by atoms with Crippen LogP contribution in [0.2, 0.25) is 0 Å². The molecule has 4 rings (SSSR count). The summed E-state index contributed by atoms with van der Waals surface area (Å²) in [5.41, 5.74) is 0.417. The highest BCUT2D eigenvalue weighted by Gasteiger charge is 2.37. The van der Waals surface area contributed by atoms with Gasteiger partial charge < -0.3 is 0 Å². The molecule has 0 unspecified atom stereocenters.